The quantitative estimate of drug-likeness (QED) is 0.601. The second-order valence-electron chi connectivity index (χ2n) is 7.61. The number of nitrogens with zero attached hydrogens (tertiary/aromatic N) is 4. The minimum atomic E-state index is -0.721. The first-order chi connectivity index (χ1) is 13.5. The van der Waals surface area contributed by atoms with E-state index in [1.165, 1.54) is 6.07 Å². The van der Waals surface area contributed by atoms with Crippen molar-refractivity contribution in [1.82, 2.24) is 9.88 Å². The van der Waals surface area contributed by atoms with E-state index in [1.807, 2.05) is 11.0 Å². The summed E-state index contributed by atoms with van der Waals surface area (Å²) in [5.74, 6) is -1.28. The second kappa shape index (κ2) is 7.84. The van der Waals surface area contributed by atoms with Crippen LogP contribution in [0.2, 0.25) is 5.02 Å². The fourth-order valence-electron chi connectivity index (χ4n) is 3.15. The van der Waals surface area contributed by atoms with Gasteiger partial charge in [0, 0.05) is 31.6 Å². The van der Waals surface area contributed by atoms with Gasteiger partial charge in [0.25, 0.3) is 0 Å². The number of nitriles is 1. The molecular formula is C19H19BrClFN4O3. The van der Waals surface area contributed by atoms with Crippen molar-refractivity contribution in [2.45, 2.75) is 26.4 Å². The number of aromatic nitrogens is 1. The van der Waals surface area contributed by atoms with Crippen LogP contribution < -0.4 is 4.90 Å². The standard InChI is InChI=1S/C19H19BrClFN4O3/c1-19(2,3)29-18(28)26-6-4-25(5-7-26)16-10-8-12(21)13(20)14(22)15(10)24-17(27)11(16)9-23/h8H,4-7H2,1-3H3,(H,24,27). The monoisotopic (exact) mass is 484 g/mol. The number of rotatable bonds is 1. The maximum atomic E-state index is 14.7. The average Bonchev–Trinajstić information content (AvgIpc) is 2.65. The van der Waals surface area contributed by atoms with Crippen LogP contribution in [0, 0.1) is 17.1 Å². The lowest BCUT2D eigenvalue weighted by molar-refractivity contribution is 0.0240. The molecule has 0 unspecified atom stereocenters. The van der Waals surface area contributed by atoms with Crippen LogP contribution in [0.15, 0.2) is 10.5 Å². The Balaban J connectivity index is 1.98. The van der Waals surface area contributed by atoms with Crippen LogP contribution in [0.3, 0.4) is 0 Å². The molecule has 7 nitrogen and oxygen atoms in total. The molecule has 154 valence electrons. The summed E-state index contributed by atoms with van der Waals surface area (Å²) in [4.78, 5) is 19.5. The van der Waals surface area contributed by atoms with Gasteiger partial charge >= 0.3 is 6.09 Å². The molecule has 3 rings (SSSR count). The summed E-state index contributed by atoms with van der Waals surface area (Å²) in [5.41, 5.74) is -0.424. The molecule has 1 N–H and O–H groups in total. The third-order valence-corrected chi connectivity index (χ3v) is 5.73. The third-order valence-electron chi connectivity index (χ3n) is 4.43. The van der Waals surface area contributed by atoms with Crippen molar-refractivity contribution in [3.63, 3.8) is 0 Å². The molecule has 1 amide bonds. The lowest BCUT2D eigenvalue weighted by atomic mass is 10.1. The van der Waals surface area contributed by atoms with Crippen LogP contribution >= 0.6 is 27.5 Å². The van der Waals surface area contributed by atoms with Crippen molar-refractivity contribution in [3.8, 4) is 11.9 Å². The summed E-state index contributed by atoms with van der Waals surface area (Å²) in [7, 11) is 0. The zero-order chi connectivity index (χ0) is 21.5. The fourth-order valence-corrected chi connectivity index (χ4v) is 3.64. The lowest BCUT2D eigenvalue weighted by Gasteiger charge is -2.37. The third kappa shape index (κ3) is 4.19. The Labute approximate surface area is 180 Å². The van der Waals surface area contributed by atoms with Crippen LogP contribution in [-0.2, 0) is 4.74 Å². The molecule has 0 bridgehead atoms. The van der Waals surface area contributed by atoms with Crippen molar-refractivity contribution < 1.29 is 19.0 Å². The number of carbonyl (C=O) groups excluding carboxylic acids is 1. The maximum Gasteiger partial charge on any atom is 0.410 e. The second-order valence-corrected chi connectivity index (χ2v) is 8.81. The summed E-state index contributed by atoms with van der Waals surface area (Å²) < 4.78 is 20.1. The predicted molar refractivity (Wildman–Crippen MR) is 111 cm³/mol. The first-order valence-corrected chi connectivity index (χ1v) is 10.0. The molecule has 0 spiro atoms. The average molecular weight is 486 g/mol. The summed E-state index contributed by atoms with van der Waals surface area (Å²) in [6.07, 6.45) is -0.418. The van der Waals surface area contributed by atoms with E-state index in [0.717, 1.165) is 0 Å². The van der Waals surface area contributed by atoms with Gasteiger partial charge in [-0.2, -0.15) is 5.26 Å². The molecule has 1 aromatic carbocycles. The summed E-state index contributed by atoms with van der Waals surface area (Å²) >= 11 is 9.18. The van der Waals surface area contributed by atoms with E-state index in [1.54, 1.807) is 25.7 Å². The number of carbonyl (C=O) groups is 1. The minimum absolute atomic E-state index is 0.0315. The molecular weight excluding hydrogens is 467 g/mol. The first-order valence-electron chi connectivity index (χ1n) is 8.86. The summed E-state index contributed by atoms with van der Waals surface area (Å²) in [5, 5.41) is 20.2. The van der Waals surface area contributed by atoms with Gasteiger partial charge in [-0.25, -0.2) is 14.2 Å². The molecule has 2 aromatic rings. The van der Waals surface area contributed by atoms with Gasteiger partial charge in [-0.1, -0.05) is 11.6 Å². The molecule has 1 aliphatic rings. The highest BCUT2D eigenvalue weighted by atomic mass is 79.9. The van der Waals surface area contributed by atoms with Gasteiger partial charge in [-0.3, -0.25) is 0 Å². The van der Waals surface area contributed by atoms with E-state index in [0.29, 0.717) is 37.3 Å². The fraction of sp³-hybridized carbons (Fsp3) is 0.421. The van der Waals surface area contributed by atoms with Crippen molar-refractivity contribution in [2.24, 2.45) is 0 Å². The number of anilines is 1. The summed E-state index contributed by atoms with van der Waals surface area (Å²) in [6, 6.07) is 3.44. The number of hydrogen-bond donors (Lipinski definition) is 1. The van der Waals surface area contributed by atoms with E-state index in [4.69, 9.17) is 16.3 Å². The zero-order valence-corrected chi connectivity index (χ0v) is 18.4. The van der Waals surface area contributed by atoms with Crippen LogP contribution in [0.25, 0.3) is 10.9 Å². The highest BCUT2D eigenvalue weighted by Crippen LogP contribution is 2.40. The van der Waals surface area contributed by atoms with Gasteiger partial charge in [-0.15, -0.1) is 0 Å². The Bertz CT molecular complexity index is 1030. The molecule has 1 aliphatic heterocycles. The minimum Gasteiger partial charge on any atom is -0.492 e. The summed E-state index contributed by atoms with van der Waals surface area (Å²) in [6.45, 7) is 6.80. The van der Waals surface area contributed by atoms with Gasteiger partial charge in [0.15, 0.2) is 5.82 Å². The molecule has 1 saturated heterocycles. The van der Waals surface area contributed by atoms with E-state index in [-0.39, 0.29) is 20.6 Å². The van der Waals surface area contributed by atoms with E-state index in [2.05, 4.69) is 20.9 Å². The smallest absolute Gasteiger partial charge is 0.410 e. The molecule has 29 heavy (non-hydrogen) atoms. The topological polar surface area (TPSA) is 89.7 Å². The molecule has 10 heteroatoms. The Morgan fingerprint density at radius 3 is 2.55 bits per heavy atom. The Morgan fingerprint density at radius 1 is 1.38 bits per heavy atom. The molecule has 0 saturated carbocycles. The van der Waals surface area contributed by atoms with Gasteiger partial charge < -0.3 is 19.6 Å². The van der Waals surface area contributed by atoms with Crippen molar-refractivity contribution >= 4 is 50.2 Å². The van der Waals surface area contributed by atoms with Crippen molar-refractivity contribution in [3.05, 3.63) is 26.9 Å². The highest BCUT2D eigenvalue weighted by Gasteiger charge is 2.29. The molecule has 2 heterocycles. The SMILES string of the molecule is CC(C)(C)OC(=O)N1CCN(c2c(C#N)c(O)nc3c(F)c(Br)c(Cl)cc23)CC1. The van der Waals surface area contributed by atoms with Crippen LogP contribution in [0.5, 0.6) is 5.88 Å². The number of benzene rings is 1. The highest BCUT2D eigenvalue weighted by molar-refractivity contribution is 9.10. The number of fused-ring (bicyclic) bond motifs is 1. The number of hydrogen-bond acceptors (Lipinski definition) is 6. The van der Waals surface area contributed by atoms with Crippen molar-refractivity contribution in [2.75, 3.05) is 31.1 Å². The molecule has 0 radical (unpaired) electrons. The van der Waals surface area contributed by atoms with Gasteiger partial charge in [0.2, 0.25) is 5.88 Å². The van der Waals surface area contributed by atoms with E-state index in [9.17, 15) is 19.6 Å². The van der Waals surface area contributed by atoms with Gasteiger partial charge in [0.05, 0.1) is 15.2 Å². The molecule has 0 aliphatic carbocycles. The predicted octanol–water partition coefficient (Wildman–Crippen LogP) is 4.42. The van der Waals surface area contributed by atoms with E-state index < -0.39 is 23.4 Å². The molecule has 0 atom stereocenters. The normalized spacial score (nSPS) is 14.8. The number of aromatic hydroxyl groups is 1. The molecule has 1 aromatic heterocycles. The Kier molecular flexibility index (Phi) is 5.79. The van der Waals surface area contributed by atoms with Crippen LogP contribution in [0.4, 0.5) is 14.9 Å². The Morgan fingerprint density at radius 2 is 2.00 bits per heavy atom. The van der Waals surface area contributed by atoms with E-state index >= 15 is 0 Å². The van der Waals surface area contributed by atoms with Crippen LogP contribution in [-0.4, -0.2) is 52.9 Å². The van der Waals surface area contributed by atoms with Crippen LogP contribution in [0.1, 0.15) is 26.3 Å². The molecule has 1 fully saturated rings. The number of piperazine rings is 1. The number of ether oxygens (including phenoxy) is 1. The first kappa shape index (κ1) is 21.4. The number of amides is 1. The zero-order valence-electron chi connectivity index (χ0n) is 16.1. The largest absolute Gasteiger partial charge is 0.492 e. The van der Waals surface area contributed by atoms with Crippen molar-refractivity contribution in [1.29, 1.82) is 5.26 Å². The van der Waals surface area contributed by atoms with Gasteiger partial charge in [0.1, 0.15) is 22.8 Å². The Hall–Kier alpha value is -2.31. The maximum absolute atomic E-state index is 14.7. The van der Waals surface area contributed by atoms with Gasteiger partial charge in [-0.05, 0) is 42.8 Å². The number of pyridine rings is 1. The number of halogens is 3. The lowest BCUT2D eigenvalue weighted by Crippen LogP contribution is -2.50.